The number of carbonyl (C=O) groups excluding carboxylic acids is 1. The summed E-state index contributed by atoms with van der Waals surface area (Å²) in [4.78, 5) is 10.9. The number of ether oxygens (including phenoxy) is 2. The standard InChI is InChI=1S/C15H22N2O3/c1-10(8-15(17)18)7-12(16)11-3-4-13-14(9-11)20-6-2-5-19-13/h3-4,9-10,12H,2,5-8,16H2,1H3,(H2,17,18). The molecule has 1 aliphatic heterocycles. The van der Waals surface area contributed by atoms with Crippen molar-refractivity contribution >= 4 is 5.91 Å². The third-order valence-electron chi connectivity index (χ3n) is 3.41. The van der Waals surface area contributed by atoms with Crippen molar-refractivity contribution in [3.63, 3.8) is 0 Å². The van der Waals surface area contributed by atoms with E-state index >= 15 is 0 Å². The van der Waals surface area contributed by atoms with Gasteiger partial charge in [0.2, 0.25) is 5.91 Å². The summed E-state index contributed by atoms with van der Waals surface area (Å²) >= 11 is 0. The lowest BCUT2D eigenvalue weighted by molar-refractivity contribution is -0.118. The Kier molecular flexibility index (Phi) is 4.84. The summed E-state index contributed by atoms with van der Waals surface area (Å²) in [5, 5.41) is 0. The average Bonchev–Trinajstić information content (AvgIpc) is 2.61. The summed E-state index contributed by atoms with van der Waals surface area (Å²) in [5.41, 5.74) is 12.4. The minimum absolute atomic E-state index is 0.137. The molecule has 2 atom stereocenters. The van der Waals surface area contributed by atoms with Crippen LogP contribution in [0.4, 0.5) is 0 Å². The summed E-state index contributed by atoms with van der Waals surface area (Å²) in [6.07, 6.45) is 1.95. The van der Waals surface area contributed by atoms with Gasteiger partial charge in [0.1, 0.15) is 0 Å². The van der Waals surface area contributed by atoms with Crippen LogP contribution in [0.5, 0.6) is 11.5 Å². The molecule has 5 nitrogen and oxygen atoms in total. The fourth-order valence-electron chi connectivity index (χ4n) is 2.41. The van der Waals surface area contributed by atoms with Gasteiger partial charge in [0, 0.05) is 18.9 Å². The van der Waals surface area contributed by atoms with E-state index in [2.05, 4.69) is 0 Å². The van der Waals surface area contributed by atoms with Crippen LogP contribution in [0, 0.1) is 5.92 Å². The number of benzene rings is 1. The summed E-state index contributed by atoms with van der Waals surface area (Å²) in [5.74, 6) is 1.39. The van der Waals surface area contributed by atoms with Crippen LogP contribution < -0.4 is 20.9 Å². The first-order chi connectivity index (χ1) is 9.56. The maximum absolute atomic E-state index is 10.9. The maximum Gasteiger partial charge on any atom is 0.217 e. The van der Waals surface area contributed by atoms with E-state index in [4.69, 9.17) is 20.9 Å². The number of primary amides is 1. The molecule has 1 aliphatic rings. The van der Waals surface area contributed by atoms with Gasteiger partial charge in [-0.25, -0.2) is 0 Å². The van der Waals surface area contributed by atoms with Gasteiger partial charge in [-0.05, 0) is 30.0 Å². The van der Waals surface area contributed by atoms with E-state index in [0.29, 0.717) is 26.1 Å². The van der Waals surface area contributed by atoms with E-state index in [9.17, 15) is 4.79 Å². The summed E-state index contributed by atoms with van der Waals surface area (Å²) < 4.78 is 11.2. The van der Waals surface area contributed by atoms with Crippen LogP contribution >= 0.6 is 0 Å². The monoisotopic (exact) mass is 278 g/mol. The Morgan fingerprint density at radius 3 is 2.70 bits per heavy atom. The van der Waals surface area contributed by atoms with Crippen LogP contribution in [0.25, 0.3) is 0 Å². The molecule has 0 aliphatic carbocycles. The Bertz CT molecular complexity index is 476. The van der Waals surface area contributed by atoms with E-state index in [0.717, 1.165) is 23.5 Å². The molecule has 20 heavy (non-hydrogen) atoms. The summed E-state index contributed by atoms with van der Waals surface area (Å²) in [6, 6.07) is 5.65. The Balaban J connectivity index is 2.04. The molecule has 1 aromatic rings. The Labute approximate surface area is 119 Å². The van der Waals surface area contributed by atoms with Crippen molar-refractivity contribution in [2.75, 3.05) is 13.2 Å². The van der Waals surface area contributed by atoms with E-state index in [1.165, 1.54) is 0 Å². The van der Waals surface area contributed by atoms with E-state index in [1.807, 2.05) is 25.1 Å². The van der Waals surface area contributed by atoms with E-state index < -0.39 is 0 Å². The topological polar surface area (TPSA) is 87.6 Å². The molecular weight excluding hydrogens is 256 g/mol. The molecule has 110 valence electrons. The van der Waals surface area contributed by atoms with Crippen molar-refractivity contribution in [3.05, 3.63) is 23.8 Å². The molecular formula is C15H22N2O3. The Hall–Kier alpha value is -1.75. The average molecular weight is 278 g/mol. The molecule has 1 aromatic carbocycles. The van der Waals surface area contributed by atoms with E-state index in [1.54, 1.807) is 0 Å². The van der Waals surface area contributed by atoms with Crippen LogP contribution in [0.3, 0.4) is 0 Å². The summed E-state index contributed by atoms with van der Waals surface area (Å²) in [6.45, 7) is 3.31. The van der Waals surface area contributed by atoms with Gasteiger partial charge < -0.3 is 20.9 Å². The molecule has 0 saturated carbocycles. The second-order valence-corrected chi connectivity index (χ2v) is 5.37. The highest BCUT2D eigenvalue weighted by molar-refractivity contribution is 5.73. The normalized spacial score (nSPS) is 17.1. The van der Waals surface area contributed by atoms with Crippen molar-refractivity contribution in [1.29, 1.82) is 0 Å². The highest BCUT2D eigenvalue weighted by Crippen LogP contribution is 2.33. The smallest absolute Gasteiger partial charge is 0.217 e. The molecule has 1 amide bonds. The SMILES string of the molecule is CC(CC(N)=O)CC(N)c1ccc2c(c1)OCCCO2. The van der Waals surface area contributed by atoms with Gasteiger partial charge in [0.25, 0.3) is 0 Å². The highest BCUT2D eigenvalue weighted by Gasteiger charge is 2.16. The zero-order chi connectivity index (χ0) is 14.5. The molecule has 1 heterocycles. The second kappa shape index (κ2) is 6.61. The molecule has 0 fully saturated rings. The van der Waals surface area contributed by atoms with Crippen molar-refractivity contribution in [3.8, 4) is 11.5 Å². The fraction of sp³-hybridized carbons (Fsp3) is 0.533. The third kappa shape index (κ3) is 3.87. The van der Waals surface area contributed by atoms with Crippen molar-refractivity contribution in [1.82, 2.24) is 0 Å². The van der Waals surface area contributed by atoms with Crippen LogP contribution in [0.15, 0.2) is 18.2 Å². The van der Waals surface area contributed by atoms with Crippen LogP contribution in [-0.4, -0.2) is 19.1 Å². The minimum Gasteiger partial charge on any atom is -0.490 e. The molecule has 2 rings (SSSR count). The molecule has 0 radical (unpaired) electrons. The van der Waals surface area contributed by atoms with Crippen molar-refractivity contribution in [2.45, 2.75) is 32.2 Å². The highest BCUT2D eigenvalue weighted by atomic mass is 16.5. The number of amides is 1. The number of hydrogen-bond donors (Lipinski definition) is 2. The number of nitrogens with two attached hydrogens (primary N) is 2. The van der Waals surface area contributed by atoms with Crippen molar-refractivity contribution < 1.29 is 14.3 Å². The second-order valence-electron chi connectivity index (χ2n) is 5.37. The number of rotatable bonds is 5. The zero-order valence-electron chi connectivity index (χ0n) is 11.8. The van der Waals surface area contributed by atoms with Gasteiger partial charge in [-0.2, -0.15) is 0 Å². The predicted molar refractivity (Wildman–Crippen MR) is 76.6 cm³/mol. The fourth-order valence-corrected chi connectivity index (χ4v) is 2.41. The molecule has 0 saturated heterocycles. The molecule has 2 unspecified atom stereocenters. The van der Waals surface area contributed by atoms with Gasteiger partial charge >= 0.3 is 0 Å². The Morgan fingerprint density at radius 2 is 2.00 bits per heavy atom. The lowest BCUT2D eigenvalue weighted by atomic mass is 9.94. The first kappa shape index (κ1) is 14.7. The Morgan fingerprint density at radius 1 is 1.30 bits per heavy atom. The van der Waals surface area contributed by atoms with Crippen LogP contribution in [0.2, 0.25) is 0 Å². The van der Waals surface area contributed by atoms with Gasteiger partial charge in [-0.15, -0.1) is 0 Å². The number of hydrogen-bond acceptors (Lipinski definition) is 4. The van der Waals surface area contributed by atoms with Gasteiger partial charge in [0.05, 0.1) is 13.2 Å². The van der Waals surface area contributed by atoms with Crippen molar-refractivity contribution in [2.24, 2.45) is 17.4 Å². The summed E-state index contributed by atoms with van der Waals surface area (Å²) in [7, 11) is 0. The molecule has 5 heteroatoms. The lowest BCUT2D eigenvalue weighted by Gasteiger charge is -2.18. The largest absolute Gasteiger partial charge is 0.490 e. The lowest BCUT2D eigenvalue weighted by Crippen LogP contribution is -2.19. The number of carbonyl (C=O) groups is 1. The first-order valence-corrected chi connectivity index (χ1v) is 6.99. The van der Waals surface area contributed by atoms with Gasteiger partial charge in [-0.3, -0.25) is 4.79 Å². The molecule has 0 bridgehead atoms. The quantitative estimate of drug-likeness (QED) is 0.859. The van der Waals surface area contributed by atoms with Crippen LogP contribution in [0.1, 0.15) is 37.8 Å². The third-order valence-corrected chi connectivity index (χ3v) is 3.41. The first-order valence-electron chi connectivity index (χ1n) is 6.99. The molecule has 0 aromatic heterocycles. The van der Waals surface area contributed by atoms with E-state index in [-0.39, 0.29) is 17.9 Å². The predicted octanol–water partition coefficient (Wildman–Crippen LogP) is 1.75. The van der Waals surface area contributed by atoms with Gasteiger partial charge in [-0.1, -0.05) is 13.0 Å². The van der Waals surface area contributed by atoms with Gasteiger partial charge in [0.15, 0.2) is 11.5 Å². The zero-order valence-corrected chi connectivity index (χ0v) is 11.8. The maximum atomic E-state index is 10.9. The van der Waals surface area contributed by atoms with Crippen LogP contribution in [-0.2, 0) is 4.79 Å². The molecule has 0 spiro atoms. The molecule has 4 N–H and O–H groups in total. The number of fused-ring (bicyclic) bond motifs is 1. The minimum atomic E-state index is -0.289.